The molecule has 0 bridgehead atoms. The Morgan fingerprint density at radius 2 is 2.28 bits per heavy atom. The van der Waals surface area contributed by atoms with Gasteiger partial charge in [-0.2, -0.15) is 4.98 Å². The van der Waals surface area contributed by atoms with Gasteiger partial charge in [-0.25, -0.2) is 14.3 Å². The molecule has 0 spiro atoms. The van der Waals surface area contributed by atoms with Gasteiger partial charge in [0.15, 0.2) is 5.82 Å². The van der Waals surface area contributed by atoms with E-state index in [0.29, 0.717) is 17.2 Å². The first-order valence-corrected chi connectivity index (χ1v) is 4.99. The van der Waals surface area contributed by atoms with Crippen LogP contribution in [-0.4, -0.2) is 32.8 Å². The predicted molar refractivity (Wildman–Crippen MR) is 61.8 cm³/mol. The van der Waals surface area contributed by atoms with Crippen molar-refractivity contribution in [3.8, 4) is 11.5 Å². The molecule has 0 saturated heterocycles. The molecule has 7 heteroatoms. The van der Waals surface area contributed by atoms with Crippen LogP contribution in [-0.2, 0) is 11.8 Å². The van der Waals surface area contributed by atoms with Gasteiger partial charge >= 0.3 is 5.97 Å². The molecule has 0 atom stereocenters. The second-order valence-corrected chi connectivity index (χ2v) is 3.39. The van der Waals surface area contributed by atoms with Crippen molar-refractivity contribution in [2.45, 2.75) is 0 Å². The van der Waals surface area contributed by atoms with E-state index in [2.05, 4.69) is 24.6 Å². The second kappa shape index (κ2) is 4.63. The fraction of sp³-hybridized carbons (Fsp3) is 0.182. The van der Waals surface area contributed by atoms with Crippen LogP contribution in [0.4, 0.5) is 5.69 Å². The summed E-state index contributed by atoms with van der Waals surface area (Å²) in [6.45, 7) is 6.84. The Hall–Kier alpha value is -2.75. The summed E-state index contributed by atoms with van der Waals surface area (Å²) in [7, 11) is 2.92. The molecule has 2 rings (SSSR count). The van der Waals surface area contributed by atoms with Gasteiger partial charge in [-0.05, 0) is 6.07 Å². The number of hydrogen-bond donors (Lipinski definition) is 0. The molecule has 18 heavy (non-hydrogen) atoms. The fourth-order valence-electron chi connectivity index (χ4n) is 1.37. The SMILES string of the molecule is [C-]#[N+]c1ccc(-c2nc(C(=O)OC)nn2C)nc1. The first-order chi connectivity index (χ1) is 8.65. The third kappa shape index (κ3) is 2.04. The largest absolute Gasteiger partial charge is 0.463 e. The molecule has 7 nitrogen and oxygen atoms in total. The van der Waals surface area contributed by atoms with Gasteiger partial charge in [0.05, 0.1) is 13.7 Å². The zero-order valence-corrected chi connectivity index (χ0v) is 9.78. The molecule has 90 valence electrons. The maximum atomic E-state index is 11.3. The van der Waals surface area contributed by atoms with Gasteiger partial charge in [0.2, 0.25) is 5.69 Å². The normalized spacial score (nSPS) is 9.83. The molecular formula is C11H9N5O2. The van der Waals surface area contributed by atoms with E-state index in [0.717, 1.165) is 0 Å². The first kappa shape index (κ1) is 11.7. The molecule has 2 aromatic rings. The summed E-state index contributed by atoms with van der Waals surface area (Å²) in [6, 6.07) is 3.28. The average Bonchev–Trinajstić information content (AvgIpc) is 2.80. The van der Waals surface area contributed by atoms with Crippen molar-refractivity contribution in [2.75, 3.05) is 7.11 Å². The van der Waals surface area contributed by atoms with Crippen molar-refractivity contribution < 1.29 is 9.53 Å². The van der Waals surface area contributed by atoms with Crippen LogP contribution in [0.2, 0.25) is 0 Å². The lowest BCUT2D eigenvalue weighted by molar-refractivity contribution is 0.0586. The van der Waals surface area contributed by atoms with E-state index in [1.54, 1.807) is 19.2 Å². The molecule has 0 N–H and O–H groups in total. The van der Waals surface area contributed by atoms with Crippen molar-refractivity contribution in [3.05, 3.63) is 35.6 Å². The molecule has 2 aromatic heterocycles. The summed E-state index contributed by atoms with van der Waals surface area (Å²) in [4.78, 5) is 22.7. The van der Waals surface area contributed by atoms with E-state index in [4.69, 9.17) is 6.57 Å². The Bertz CT molecular complexity index is 624. The summed E-state index contributed by atoms with van der Waals surface area (Å²) in [5, 5.41) is 3.93. The van der Waals surface area contributed by atoms with Crippen LogP contribution in [0.3, 0.4) is 0 Å². The summed E-state index contributed by atoms with van der Waals surface area (Å²) in [5.41, 5.74) is 0.974. The van der Waals surface area contributed by atoms with Gasteiger partial charge in [0, 0.05) is 13.2 Å². The highest BCUT2D eigenvalue weighted by Gasteiger charge is 2.16. The Morgan fingerprint density at radius 3 is 2.83 bits per heavy atom. The molecular weight excluding hydrogens is 234 g/mol. The van der Waals surface area contributed by atoms with E-state index in [1.165, 1.54) is 18.0 Å². The van der Waals surface area contributed by atoms with Gasteiger partial charge in [0.25, 0.3) is 5.82 Å². The molecule has 0 fully saturated rings. The zero-order valence-electron chi connectivity index (χ0n) is 9.78. The average molecular weight is 243 g/mol. The standard InChI is InChI=1S/C11H9N5O2/c1-12-7-4-5-8(13-6-7)10-14-9(11(17)18-3)15-16(10)2/h4-6H,2-3H3. The van der Waals surface area contributed by atoms with Crippen LogP contribution in [0.25, 0.3) is 16.4 Å². The van der Waals surface area contributed by atoms with Gasteiger partial charge in [0.1, 0.15) is 5.69 Å². The van der Waals surface area contributed by atoms with Crippen LogP contribution in [0.5, 0.6) is 0 Å². The highest BCUT2D eigenvalue weighted by atomic mass is 16.5. The number of nitrogens with zero attached hydrogens (tertiary/aromatic N) is 5. The minimum absolute atomic E-state index is 0.0222. The van der Waals surface area contributed by atoms with Gasteiger partial charge in [-0.3, -0.25) is 4.98 Å². The molecule has 0 aliphatic heterocycles. The Morgan fingerprint density at radius 1 is 1.50 bits per heavy atom. The van der Waals surface area contributed by atoms with Crippen molar-refractivity contribution in [3.63, 3.8) is 0 Å². The van der Waals surface area contributed by atoms with E-state index in [1.807, 2.05) is 0 Å². The van der Waals surface area contributed by atoms with Crippen LogP contribution < -0.4 is 0 Å². The summed E-state index contributed by atoms with van der Waals surface area (Å²) in [5.74, 6) is -0.187. The Labute approximate surface area is 103 Å². The number of esters is 1. The smallest absolute Gasteiger partial charge is 0.377 e. The lowest BCUT2D eigenvalue weighted by Crippen LogP contribution is -2.04. The molecule has 0 aromatic carbocycles. The van der Waals surface area contributed by atoms with Crippen molar-refractivity contribution >= 4 is 11.7 Å². The lowest BCUT2D eigenvalue weighted by atomic mass is 10.3. The quantitative estimate of drug-likeness (QED) is 0.585. The molecule has 0 aliphatic rings. The van der Waals surface area contributed by atoms with Crippen LogP contribution in [0.1, 0.15) is 10.6 Å². The molecule has 0 radical (unpaired) electrons. The summed E-state index contributed by atoms with van der Waals surface area (Å²) in [6.07, 6.45) is 1.44. The van der Waals surface area contributed by atoms with E-state index in [-0.39, 0.29) is 5.82 Å². The number of carbonyl (C=O) groups is 1. The monoisotopic (exact) mass is 243 g/mol. The third-order valence-corrected chi connectivity index (χ3v) is 2.24. The van der Waals surface area contributed by atoms with Crippen molar-refractivity contribution in [1.29, 1.82) is 0 Å². The van der Waals surface area contributed by atoms with Crippen LogP contribution in [0.15, 0.2) is 18.3 Å². The fourth-order valence-corrected chi connectivity index (χ4v) is 1.37. The Balaban J connectivity index is 2.41. The van der Waals surface area contributed by atoms with E-state index < -0.39 is 5.97 Å². The number of carbonyl (C=O) groups excluding carboxylic acids is 1. The highest BCUT2D eigenvalue weighted by molar-refractivity contribution is 5.85. The molecule has 0 aliphatic carbocycles. The minimum Gasteiger partial charge on any atom is -0.463 e. The highest BCUT2D eigenvalue weighted by Crippen LogP contribution is 2.17. The van der Waals surface area contributed by atoms with Gasteiger partial charge in [-0.1, -0.05) is 6.07 Å². The number of aryl methyl sites for hydroxylation is 1. The van der Waals surface area contributed by atoms with Crippen molar-refractivity contribution in [2.24, 2.45) is 7.05 Å². The zero-order chi connectivity index (χ0) is 13.1. The summed E-state index contributed by atoms with van der Waals surface area (Å²) < 4.78 is 5.98. The number of hydrogen-bond acceptors (Lipinski definition) is 5. The topological polar surface area (TPSA) is 74.3 Å². The molecule has 0 saturated carbocycles. The summed E-state index contributed by atoms with van der Waals surface area (Å²) >= 11 is 0. The van der Waals surface area contributed by atoms with Gasteiger partial charge < -0.3 is 4.74 Å². The number of rotatable bonds is 2. The third-order valence-electron chi connectivity index (χ3n) is 2.24. The van der Waals surface area contributed by atoms with Crippen molar-refractivity contribution in [1.82, 2.24) is 19.7 Å². The lowest BCUT2D eigenvalue weighted by Gasteiger charge is -1.98. The van der Waals surface area contributed by atoms with Crippen LogP contribution in [0, 0.1) is 6.57 Å². The number of pyridine rings is 1. The number of aromatic nitrogens is 4. The molecule has 0 amide bonds. The molecule has 2 heterocycles. The van der Waals surface area contributed by atoms with Crippen LogP contribution >= 0.6 is 0 Å². The predicted octanol–water partition coefficient (Wildman–Crippen LogP) is 1.21. The van der Waals surface area contributed by atoms with E-state index >= 15 is 0 Å². The first-order valence-electron chi connectivity index (χ1n) is 4.99. The minimum atomic E-state index is -0.602. The second-order valence-electron chi connectivity index (χ2n) is 3.39. The molecule has 0 unspecified atom stereocenters. The maximum Gasteiger partial charge on any atom is 0.377 e. The van der Waals surface area contributed by atoms with E-state index in [9.17, 15) is 4.79 Å². The van der Waals surface area contributed by atoms with Gasteiger partial charge in [-0.15, -0.1) is 5.10 Å². The Kier molecular flexibility index (Phi) is 3.02. The number of methoxy groups -OCH3 is 1. The number of ether oxygens (including phenoxy) is 1. The maximum absolute atomic E-state index is 11.3.